The Labute approximate surface area is 64.9 Å². The molecule has 0 saturated carbocycles. The molecule has 3 nitrogen and oxygen atoms in total. The molecule has 0 aromatic heterocycles. The minimum Gasteiger partial charge on any atom is -0.639 e. The van der Waals surface area contributed by atoms with E-state index >= 15 is 0 Å². The fraction of sp³-hybridized carbons (Fsp3) is 1.00. The summed E-state index contributed by atoms with van der Waals surface area (Å²) in [7, 11) is 3.10. The van der Waals surface area contributed by atoms with Crippen LogP contribution in [0.5, 0.6) is 0 Å². The maximum absolute atomic E-state index is 4.32. The monoisotopic (exact) mass is 290 g/mol. The van der Waals surface area contributed by atoms with Gasteiger partial charge in [0.05, 0.1) is 7.11 Å². The molecule has 0 amide bonds. The molecule has 4 heteroatoms. The molecule has 0 aromatic rings. The molecule has 0 heterocycles. The molecule has 0 rings (SSSR count). The summed E-state index contributed by atoms with van der Waals surface area (Å²) in [5.74, 6) is 0. The first-order valence-electron chi connectivity index (χ1n) is 1.63. The zero-order valence-corrected chi connectivity index (χ0v) is 7.31. The molecule has 0 aromatic carbocycles. The molecule has 8 heavy (non-hydrogen) atoms. The standard InChI is InChI=1S/C3H8NO2.CH4.W/c1-4-3-6-5-2;;/h3H2,1-2H3;1H4;/q-1;;. The number of rotatable bonds is 3. The Hall–Kier alpha value is 0.568. The van der Waals surface area contributed by atoms with E-state index in [1.807, 2.05) is 0 Å². The van der Waals surface area contributed by atoms with Gasteiger partial charge in [0.25, 0.3) is 0 Å². The molecular formula is C4H12NO2W-. The smallest absolute Gasteiger partial charge is 0.0712 e. The fourth-order valence-electron chi connectivity index (χ4n) is 0.105. The van der Waals surface area contributed by atoms with Crippen LogP contribution in [0.4, 0.5) is 0 Å². The molecule has 0 radical (unpaired) electrons. The summed E-state index contributed by atoms with van der Waals surface area (Å²) >= 11 is 0. The largest absolute Gasteiger partial charge is 0.639 e. The van der Waals surface area contributed by atoms with Crippen LogP contribution in [-0.4, -0.2) is 20.9 Å². The van der Waals surface area contributed by atoms with Crippen LogP contribution in [0.3, 0.4) is 0 Å². The van der Waals surface area contributed by atoms with Gasteiger partial charge >= 0.3 is 0 Å². The van der Waals surface area contributed by atoms with E-state index in [0.717, 1.165) is 0 Å². The Morgan fingerprint density at radius 1 is 1.50 bits per heavy atom. The molecule has 0 N–H and O–H groups in total. The predicted molar refractivity (Wildman–Crippen MR) is 29.0 cm³/mol. The van der Waals surface area contributed by atoms with Gasteiger partial charge in [-0.1, -0.05) is 7.43 Å². The van der Waals surface area contributed by atoms with Crippen LogP contribution in [0.25, 0.3) is 5.32 Å². The van der Waals surface area contributed by atoms with Crippen molar-refractivity contribution >= 4 is 0 Å². The van der Waals surface area contributed by atoms with Crippen LogP contribution in [-0.2, 0) is 30.8 Å². The number of hydrogen-bond donors (Lipinski definition) is 0. The van der Waals surface area contributed by atoms with Gasteiger partial charge in [-0.25, -0.2) is 4.89 Å². The molecule has 0 unspecified atom stereocenters. The zero-order valence-electron chi connectivity index (χ0n) is 4.38. The summed E-state index contributed by atoms with van der Waals surface area (Å²) in [6, 6.07) is 0. The van der Waals surface area contributed by atoms with Crippen molar-refractivity contribution in [2.75, 3.05) is 20.9 Å². The molecular weight excluding hydrogens is 278 g/mol. The normalized spacial score (nSPS) is 6.75. The van der Waals surface area contributed by atoms with E-state index in [0.29, 0.717) is 6.73 Å². The van der Waals surface area contributed by atoms with E-state index in [1.54, 1.807) is 7.05 Å². The van der Waals surface area contributed by atoms with E-state index in [2.05, 4.69) is 15.1 Å². The Bertz CT molecular complexity index is 26.0. The molecule has 0 aliphatic carbocycles. The van der Waals surface area contributed by atoms with Gasteiger partial charge in [0.1, 0.15) is 0 Å². The second-order valence-electron chi connectivity index (χ2n) is 0.730. The van der Waals surface area contributed by atoms with Crippen molar-refractivity contribution in [2.45, 2.75) is 7.43 Å². The van der Waals surface area contributed by atoms with E-state index in [-0.39, 0.29) is 28.5 Å². The van der Waals surface area contributed by atoms with Crippen molar-refractivity contribution < 1.29 is 30.8 Å². The van der Waals surface area contributed by atoms with Gasteiger partial charge in [-0.05, 0) is 6.73 Å². The minimum atomic E-state index is 0. The zero-order chi connectivity index (χ0) is 4.83. The molecule has 0 aliphatic rings. The Morgan fingerprint density at radius 3 is 2.12 bits per heavy atom. The summed E-state index contributed by atoms with van der Waals surface area (Å²) in [4.78, 5) is 8.50. The van der Waals surface area contributed by atoms with Crippen LogP contribution in [0.2, 0.25) is 0 Å². The third-order valence-electron chi connectivity index (χ3n) is 0.300. The van der Waals surface area contributed by atoms with Gasteiger partial charge in [-0.15, -0.1) is 0 Å². The van der Waals surface area contributed by atoms with Crippen LogP contribution < -0.4 is 0 Å². The Balaban J connectivity index is -0.000000125. The maximum Gasteiger partial charge on any atom is 0.0712 e. The summed E-state index contributed by atoms with van der Waals surface area (Å²) in [5.41, 5.74) is 0. The molecule has 0 fully saturated rings. The molecule has 0 atom stereocenters. The molecule has 0 saturated heterocycles. The average molecular weight is 290 g/mol. The van der Waals surface area contributed by atoms with E-state index in [9.17, 15) is 0 Å². The SMILES string of the molecule is C.C[N-]COOC.[W]. The third kappa shape index (κ3) is 16.0. The van der Waals surface area contributed by atoms with Crippen molar-refractivity contribution in [3.8, 4) is 0 Å². The van der Waals surface area contributed by atoms with Crippen molar-refractivity contribution in [3.63, 3.8) is 0 Å². The van der Waals surface area contributed by atoms with Gasteiger partial charge in [0, 0.05) is 21.1 Å². The van der Waals surface area contributed by atoms with Gasteiger partial charge in [0.2, 0.25) is 0 Å². The van der Waals surface area contributed by atoms with Gasteiger partial charge < -0.3 is 5.32 Å². The van der Waals surface area contributed by atoms with Crippen LogP contribution in [0.15, 0.2) is 0 Å². The summed E-state index contributed by atoms with van der Waals surface area (Å²) in [5, 5.41) is 3.58. The van der Waals surface area contributed by atoms with Crippen molar-refractivity contribution in [2.24, 2.45) is 0 Å². The van der Waals surface area contributed by atoms with E-state index in [1.165, 1.54) is 7.11 Å². The number of hydrogen-bond acceptors (Lipinski definition) is 2. The molecule has 0 aliphatic heterocycles. The first kappa shape index (κ1) is 15.8. The van der Waals surface area contributed by atoms with Crippen molar-refractivity contribution in [1.29, 1.82) is 0 Å². The van der Waals surface area contributed by atoms with Gasteiger partial charge in [-0.3, -0.25) is 4.89 Å². The van der Waals surface area contributed by atoms with Gasteiger partial charge in [0.15, 0.2) is 0 Å². The second kappa shape index (κ2) is 15.6. The summed E-state index contributed by atoms with van der Waals surface area (Å²) < 4.78 is 0. The van der Waals surface area contributed by atoms with Crippen LogP contribution in [0.1, 0.15) is 7.43 Å². The first-order chi connectivity index (χ1) is 2.91. The molecule has 52 valence electrons. The van der Waals surface area contributed by atoms with Crippen LogP contribution in [0, 0.1) is 0 Å². The fourth-order valence-corrected chi connectivity index (χ4v) is 0.105. The van der Waals surface area contributed by atoms with Gasteiger partial charge in [-0.2, -0.15) is 7.05 Å². The van der Waals surface area contributed by atoms with Crippen LogP contribution >= 0.6 is 0 Å². The average Bonchev–Trinajstić information content (AvgIpc) is 1.61. The summed E-state index contributed by atoms with van der Waals surface area (Å²) in [6.07, 6.45) is 0. The third-order valence-corrected chi connectivity index (χ3v) is 0.300. The van der Waals surface area contributed by atoms with E-state index < -0.39 is 0 Å². The molecule has 0 spiro atoms. The first-order valence-corrected chi connectivity index (χ1v) is 1.63. The number of nitrogens with zero attached hydrogens (tertiary/aromatic N) is 1. The summed E-state index contributed by atoms with van der Waals surface area (Å²) in [6.45, 7) is 0.316. The minimum absolute atomic E-state index is 0. The van der Waals surface area contributed by atoms with Crippen molar-refractivity contribution in [3.05, 3.63) is 5.32 Å². The topological polar surface area (TPSA) is 32.6 Å². The quantitative estimate of drug-likeness (QED) is 0.444. The Morgan fingerprint density at radius 2 is 2.00 bits per heavy atom. The Kier molecular flexibility index (Phi) is 31.0. The van der Waals surface area contributed by atoms with Crippen molar-refractivity contribution in [1.82, 2.24) is 0 Å². The second-order valence-corrected chi connectivity index (χ2v) is 0.730. The van der Waals surface area contributed by atoms with E-state index in [4.69, 9.17) is 0 Å². The molecule has 0 bridgehead atoms. The maximum atomic E-state index is 4.32. The predicted octanol–water partition coefficient (Wildman–Crippen LogP) is 1.16.